The zero-order chi connectivity index (χ0) is 23.2. The largest absolute Gasteiger partial charge is 0.465 e. The molecule has 0 heterocycles. The number of hydrogen-bond acceptors (Lipinski definition) is 5. The zero-order valence-corrected chi connectivity index (χ0v) is 18.2. The maximum absolute atomic E-state index is 12.1. The van der Waals surface area contributed by atoms with Crippen LogP contribution in [-0.2, 0) is 25.5 Å². The number of nitrogens with one attached hydrogen (secondary N) is 3. The van der Waals surface area contributed by atoms with E-state index in [0.29, 0.717) is 24.1 Å². The van der Waals surface area contributed by atoms with Gasteiger partial charge in [0.25, 0.3) is 5.91 Å². The first-order valence-corrected chi connectivity index (χ1v) is 10.7. The minimum atomic E-state index is -0.507. The van der Waals surface area contributed by atoms with Gasteiger partial charge in [-0.25, -0.2) is 0 Å². The Morgan fingerprint density at radius 3 is 2.22 bits per heavy atom. The van der Waals surface area contributed by atoms with Crippen LogP contribution in [0.1, 0.15) is 54.9 Å². The second-order valence-electron chi connectivity index (χ2n) is 7.19. The van der Waals surface area contributed by atoms with Gasteiger partial charge >= 0.3 is 5.97 Å². The van der Waals surface area contributed by atoms with Crippen LogP contribution in [0.3, 0.4) is 0 Å². The predicted molar refractivity (Wildman–Crippen MR) is 121 cm³/mol. The van der Waals surface area contributed by atoms with Crippen molar-refractivity contribution in [2.24, 2.45) is 0 Å². The molecule has 0 unspecified atom stereocenters. The van der Waals surface area contributed by atoms with Crippen molar-refractivity contribution < 1.29 is 23.9 Å². The summed E-state index contributed by atoms with van der Waals surface area (Å²) in [5.74, 6) is -1.56. The molecule has 8 heteroatoms. The molecule has 0 radical (unpaired) electrons. The van der Waals surface area contributed by atoms with Gasteiger partial charge in [-0.2, -0.15) is 0 Å². The fourth-order valence-electron chi connectivity index (χ4n) is 2.74. The van der Waals surface area contributed by atoms with E-state index in [2.05, 4.69) is 16.2 Å². The van der Waals surface area contributed by atoms with E-state index in [1.807, 2.05) is 37.3 Å². The van der Waals surface area contributed by atoms with Gasteiger partial charge in [0.15, 0.2) is 0 Å². The van der Waals surface area contributed by atoms with Crippen molar-refractivity contribution in [2.45, 2.75) is 45.4 Å². The van der Waals surface area contributed by atoms with Crippen LogP contribution in [0.5, 0.6) is 0 Å². The monoisotopic (exact) mass is 439 g/mol. The highest BCUT2D eigenvalue weighted by molar-refractivity contribution is 5.96. The zero-order valence-electron chi connectivity index (χ0n) is 18.2. The molecule has 0 bridgehead atoms. The molecular formula is C24H29N3O5. The molecular weight excluding hydrogens is 410 g/mol. The lowest BCUT2D eigenvalue weighted by atomic mass is 10.2. The molecule has 0 aliphatic rings. The lowest BCUT2D eigenvalue weighted by Gasteiger charge is -2.09. The summed E-state index contributed by atoms with van der Waals surface area (Å²) in [5.41, 5.74) is 6.54. The van der Waals surface area contributed by atoms with Crippen molar-refractivity contribution >= 4 is 29.4 Å². The molecule has 0 aliphatic heterocycles. The van der Waals surface area contributed by atoms with E-state index >= 15 is 0 Å². The Kier molecular flexibility index (Phi) is 10.4. The van der Waals surface area contributed by atoms with Crippen LogP contribution in [0.2, 0.25) is 0 Å². The van der Waals surface area contributed by atoms with Crippen LogP contribution in [0.4, 0.5) is 5.69 Å². The Hall–Kier alpha value is -3.68. The lowest BCUT2D eigenvalue weighted by molar-refractivity contribution is -0.144. The van der Waals surface area contributed by atoms with E-state index < -0.39 is 17.8 Å². The van der Waals surface area contributed by atoms with Crippen molar-refractivity contribution in [3.05, 3.63) is 65.7 Å². The molecule has 32 heavy (non-hydrogen) atoms. The van der Waals surface area contributed by atoms with Crippen molar-refractivity contribution in [2.75, 3.05) is 11.9 Å². The lowest BCUT2D eigenvalue weighted by Crippen LogP contribution is -2.41. The van der Waals surface area contributed by atoms with Crippen LogP contribution >= 0.6 is 0 Å². The molecule has 170 valence electrons. The number of ether oxygens (including phenoxy) is 1. The molecule has 0 spiro atoms. The van der Waals surface area contributed by atoms with Crippen LogP contribution < -0.4 is 16.2 Å². The number of amides is 3. The molecule has 2 rings (SSSR count). The second-order valence-corrected chi connectivity index (χ2v) is 7.19. The second kappa shape index (κ2) is 13.6. The summed E-state index contributed by atoms with van der Waals surface area (Å²) in [7, 11) is 0. The Balaban J connectivity index is 1.63. The number of rotatable bonds is 11. The number of hydrogen-bond donors (Lipinski definition) is 3. The third kappa shape index (κ3) is 9.42. The summed E-state index contributed by atoms with van der Waals surface area (Å²) in [5, 5.41) is 2.76. The molecule has 3 N–H and O–H groups in total. The standard InChI is InChI=1S/C24H29N3O5/c1-2-3-9-21(28)25-20-12-10-19(11-13-20)24(31)27-26-22(29)14-15-23(30)32-17-16-18-7-5-4-6-8-18/h4-8,10-13H,2-3,9,14-17H2,1H3,(H,25,28)(H,26,29)(H,27,31). The first-order valence-electron chi connectivity index (χ1n) is 10.7. The van der Waals surface area contributed by atoms with Gasteiger partial charge in [0.2, 0.25) is 11.8 Å². The summed E-state index contributed by atoms with van der Waals surface area (Å²) in [6, 6.07) is 16.0. The number of hydrazine groups is 1. The molecule has 8 nitrogen and oxygen atoms in total. The van der Waals surface area contributed by atoms with E-state index in [1.165, 1.54) is 0 Å². The summed E-state index contributed by atoms with van der Waals surface area (Å²) >= 11 is 0. The molecule has 0 saturated carbocycles. The Labute approximate surface area is 187 Å². The predicted octanol–water partition coefficient (Wildman–Crippen LogP) is 3.14. The molecule has 3 amide bonds. The van der Waals surface area contributed by atoms with Gasteiger partial charge in [0, 0.05) is 30.5 Å². The molecule has 0 aromatic heterocycles. The van der Waals surface area contributed by atoms with E-state index in [1.54, 1.807) is 24.3 Å². The Morgan fingerprint density at radius 1 is 0.812 bits per heavy atom. The first-order chi connectivity index (χ1) is 15.5. The highest BCUT2D eigenvalue weighted by Crippen LogP contribution is 2.10. The van der Waals surface area contributed by atoms with Crippen molar-refractivity contribution in [1.82, 2.24) is 10.9 Å². The van der Waals surface area contributed by atoms with Gasteiger partial charge in [-0.05, 0) is 36.2 Å². The average Bonchev–Trinajstić information content (AvgIpc) is 2.81. The van der Waals surface area contributed by atoms with Gasteiger partial charge < -0.3 is 10.1 Å². The number of unbranched alkanes of at least 4 members (excludes halogenated alkanes) is 1. The molecule has 0 aliphatic carbocycles. The SMILES string of the molecule is CCCCC(=O)Nc1ccc(C(=O)NNC(=O)CCC(=O)OCCc2ccccc2)cc1. The van der Waals surface area contributed by atoms with Crippen molar-refractivity contribution in [3.8, 4) is 0 Å². The summed E-state index contributed by atoms with van der Waals surface area (Å²) in [6.45, 7) is 2.26. The molecule has 2 aromatic carbocycles. The van der Waals surface area contributed by atoms with E-state index in [4.69, 9.17) is 4.74 Å². The van der Waals surface area contributed by atoms with E-state index in [0.717, 1.165) is 18.4 Å². The molecule has 0 saturated heterocycles. The summed E-state index contributed by atoms with van der Waals surface area (Å²) < 4.78 is 5.12. The van der Waals surface area contributed by atoms with Gasteiger partial charge in [0.05, 0.1) is 13.0 Å². The number of carbonyl (C=O) groups excluding carboxylic acids is 4. The minimum Gasteiger partial charge on any atom is -0.465 e. The topological polar surface area (TPSA) is 114 Å². The Morgan fingerprint density at radius 2 is 1.53 bits per heavy atom. The summed E-state index contributed by atoms with van der Waals surface area (Å²) in [6.07, 6.45) is 2.63. The van der Waals surface area contributed by atoms with Gasteiger partial charge in [-0.1, -0.05) is 43.7 Å². The first kappa shape index (κ1) is 24.6. The fraction of sp³-hybridized carbons (Fsp3) is 0.333. The maximum atomic E-state index is 12.1. The van der Waals surface area contributed by atoms with E-state index in [-0.39, 0.29) is 25.4 Å². The van der Waals surface area contributed by atoms with Crippen LogP contribution in [-0.4, -0.2) is 30.3 Å². The average molecular weight is 440 g/mol. The highest BCUT2D eigenvalue weighted by Gasteiger charge is 2.11. The van der Waals surface area contributed by atoms with E-state index in [9.17, 15) is 19.2 Å². The third-order valence-corrected chi connectivity index (χ3v) is 4.56. The number of benzene rings is 2. The van der Waals surface area contributed by atoms with Gasteiger partial charge in [-0.15, -0.1) is 0 Å². The van der Waals surface area contributed by atoms with Crippen LogP contribution in [0.15, 0.2) is 54.6 Å². The maximum Gasteiger partial charge on any atom is 0.306 e. The molecule has 2 aromatic rings. The smallest absolute Gasteiger partial charge is 0.306 e. The highest BCUT2D eigenvalue weighted by atomic mass is 16.5. The normalized spacial score (nSPS) is 10.2. The summed E-state index contributed by atoms with van der Waals surface area (Å²) in [4.78, 5) is 47.5. The van der Waals surface area contributed by atoms with Gasteiger partial charge in [-0.3, -0.25) is 30.0 Å². The molecule has 0 fully saturated rings. The number of esters is 1. The number of anilines is 1. The van der Waals surface area contributed by atoms with Crippen LogP contribution in [0, 0.1) is 0 Å². The molecule has 0 atom stereocenters. The minimum absolute atomic E-state index is 0.0742. The van der Waals surface area contributed by atoms with Crippen molar-refractivity contribution in [3.63, 3.8) is 0 Å². The Bertz CT molecular complexity index is 898. The quantitative estimate of drug-likeness (QED) is 0.368. The third-order valence-electron chi connectivity index (χ3n) is 4.56. The fourth-order valence-corrected chi connectivity index (χ4v) is 2.74. The number of carbonyl (C=O) groups is 4. The van der Waals surface area contributed by atoms with Gasteiger partial charge in [0.1, 0.15) is 0 Å². The van der Waals surface area contributed by atoms with Crippen molar-refractivity contribution in [1.29, 1.82) is 0 Å². The van der Waals surface area contributed by atoms with Crippen LogP contribution in [0.25, 0.3) is 0 Å².